The molecule has 0 aliphatic heterocycles. The number of hydrogen-bond donors (Lipinski definition) is 2. The lowest BCUT2D eigenvalue weighted by Gasteiger charge is -2.16. The number of hydrogen-bond acceptors (Lipinski definition) is 4. The number of aromatic nitrogens is 1. The molecule has 0 saturated carbocycles. The van der Waals surface area contributed by atoms with E-state index < -0.39 is 0 Å². The Balaban J connectivity index is 1.91. The molecule has 1 unspecified atom stereocenters. The van der Waals surface area contributed by atoms with Gasteiger partial charge < -0.3 is 0 Å². The molecular weight excluding hydrogens is 254 g/mol. The van der Waals surface area contributed by atoms with Gasteiger partial charge >= 0.3 is 0 Å². The summed E-state index contributed by atoms with van der Waals surface area (Å²) in [6.07, 6.45) is 4.57. The molecule has 3 nitrogen and oxygen atoms in total. The third kappa shape index (κ3) is 4.35. The Kier molecular flexibility index (Phi) is 5.39. The Morgan fingerprint density at radius 2 is 2.11 bits per heavy atom. The summed E-state index contributed by atoms with van der Waals surface area (Å²) in [4.78, 5) is 5.44. The molecule has 1 aromatic heterocycles. The number of nitrogens with one attached hydrogen (secondary N) is 1. The van der Waals surface area contributed by atoms with Crippen LogP contribution in [0.4, 0.5) is 0 Å². The molecule has 0 spiro atoms. The van der Waals surface area contributed by atoms with Gasteiger partial charge in [0, 0.05) is 29.1 Å². The Bertz CT molecular complexity index is 502. The van der Waals surface area contributed by atoms with Crippen LogP contribution in [0.5, 0.6) is 0 Å². The smallest absolute Gasteiger partial charge is 0.0345 e. The molecular formula is C15H19N3S. The Morgan fingerprint density at radius 1 is 1.26 bits per heavy atom. The number of aryl methyl sites for hydroxylation is 1. The summed E-state index contributed by atoms with van der Waals surface area (Å²) in [5, 5.41) is 0. The summed E-state index contributed by atoms with van der Waals surface area (Å²) in [6, 6.07) is 12.7. The van der Waals surface area contributed by atoms with Crippen LogP contribution >= 0.6 is 11.8 Å². The number of nitrogens with two attached hydrogens (primary N) is 1. The Labute approximate surface area is 118 Å². The van der Waals surface area contributed by atoms with Crippen molar-refractivity contribution in [2.75, 3.05) is 5.75 Å². The van der Waals surface area contributed by atoms with Crippen molar-refractivity contribution in [2.45, 2.75) is 24.3 Å². The standard InChI is InChI=1S/C15H19N3S/c1-12-5-2-3-7-15(12)19-11-14(18-16)9-13-6-4-8-17-10-13/h2-8,10,14,18H,9,11,16H2,1H3. The SMILES string of the molecule is Cc1ccccc1SCC(Cc1cccnc1)NN. The average molecular weight is 273 g/mol. The number of thioether (sulfide) groups is 1. The van der Waals surface area contributed by atoms with Crippen molar-refractivity contribution in [3.8, 4) is 0 Å². The highest BCUT2D eigenvalue weighted by Crippen LogP contribution is 2.23. The molecule has 1 heterocycles. The molecule has 0 saturated heterocycles. The quantitative estimate of drug-likeness (QED) is 0.482. The highest BCUT2D eigenvalue weighted by molar-refractivity contribution is 7.99. The molecule has 1 atom stereocenters. The van der Waals surface area contributed by atoms with Gasteiger partial charge in [0.15, 0.2) is 0 Å². The Morgan fingerprint density at radius 3 is 2.79 bits per heavy atom. The van der Waals surface area contributed by atoms with Gasteiger partial charge in [-0.1, -0.05) is 24.3 Å². The predicted octanol–water partition coefficient (Wildman–Crippen LogP) is 2.56. The third-order valence-electron chi connectivity index (χ3n) is 2.97. The van der Waals surface area contributed by atoms with Gasteiger partial charge in [0.25, 0.3) is 0 Å². The van der Waals surface area contributed by atoms with Crippen LogP contribution in [0, 0.1) is 6.92 Å². The minimum Gasteiger partial charge on any atom is -0.271 e. The Hall–Kier alpha value is -1.36. The van der Waals surface area contributed by atoms with Gasteiger partial charge in [0.1, 0.15) is 0 Å². The lowest BCUT2D eigenvalue weighted by molar-refractivity contribution is 0.574. The van der Waals surface area contributed by atoms with Gasteiger partial charge in [-0.2, -0.15) is 0 Å². The van der Waals surface area contributed by atoms with Crippen molar-refractivity contribution < 1.29 is 0 Å². The second-order valence-corrected chi connectivity index (χ2v) is 5.57. The van der Waals surface area contributed by atoms with E-state index in [0.717, 1.165) is 12.2 Å². The second kappa shape index (κ2) is 7.28. The zero-order valence-corrected chi connectivity index (χ0v) is 11.9. The fourth-order valence-corrected chi connectivity index (χ4v) is 2.94. The molecule has 19 heavy (non-hydrogen) atoms. The summed E-state index contributed by atoms with van der Waals surface area (Å²) in [6.45, 7) is 2.13. The van der Waals surface area contributed by atoms with E-state index in [-0.39, 0.29) is 6.04 Å². The number of nitrogens with zero attached hydrogens (tertiary/aromatic N) is 1. The van der Waals surface area contributed by atoms with E-state index in [1.165, 1.54) is 16.0 Å². The van der Waals surface area contributed by atoms with Crippen molar-refractivity contribution in [1.29, 1.82) is 0 Å². The van der Waals surface area contributed by atoms with Crippen LogP contribution in [-0.4, -0.2) is 16.8 Å². The maximum Gasteiger partial charge on any atom is 0.0345 e. The van der Waals surface area contributed by atoms with Crippen molar-refractivity contribution in [1.82, 2.24) is 10.4 Å². The van der Waals surface area contributed by atoms with Crippen LogP contribution in [-0.2, 0) is 6.42 Å². The van der Waals surface area contributed by atoms with Crippen LogP contribution < -0.4 is 11.3 Å². The van der Waals surface area contributed by atoms with Gasteiger partial charge in [-0.05, 0) is 36.6 Å². The molecule has 0 bridgehead atoms. The van der Waals surface area contributed by atoms with Crippen LogP contribution in [0.1, 0.15) is 11.1 Å². The first-order chi connectivity index (χ1) is 9.29. The first-order valence-corrected chi connectivity index (χ1v) is 7.31. The fourth-order valence-electron chi connectivity index (χ4n) is 1.88. The maximum absolute atomic E-state index is 5.64. The molecule has 2 aromatic rings. The largest absolute Gasteiger partial charge is 0.271 e. The van der Waals surface area contributed by atoms with Crippen LogP contribution in [0.15, 0.2) is 53.7 Å². The number of benzene rings is 1. The molecule has 0 radical (unpaired) electrons. The highest BCUT2D eigenvalue weighted by Gasteiger charge is 2.09. The van der Waals surface area contributed by atoms with E-state index >= 15 is 0 Å². The summed E-state index contributed by atoms with van der Waals surface area (Å²) in [5.41, 5.74) is 5.41. The molecule has 4 heteroatoms. The third-order valence-corrected chi connectivity index (χ3v) is 4.31. The monoisotopic (exact) mass is 273 g/mol. The zero-order chi connectivity index (χ0) is 13.5. The highest BCUT2D eigenvalue weighted by atomic mass is 32.2. The van der Waals surface area contributed by atoms with Gasteiger partial charge in [0.05, 0.1) is 0 Å². The fraction of sp³-hybridized carbons (Fsp3) is 0.267. The number of rotatable bonds is 6. The van der Waals surface area contributed by atoms with E-state index in [1.54, 1.807) is 6.20 Å². The van der Waals surface area contributed by atoms with Crippen LogP contribution in [0.2, 0.25) is 0 Å². The van der Waals surface area contributed by atoms with Gasteiger partial charge in [-0.15, -0.1) is 11.8 Å². The zero-order valence-electron chi connectivity index (χ0n) is 11.0. The topological polar surface area (TPSA) is 50.9 Å². The van der Waals surface area contributed by atoms with E-state index in [1.807, 2.05) is 24.0 Å². The van der Waals surface area contributed by atoms with Gasteiger partial charge in [-0.3, -0.25) is 16.3 Å². The second-order valence-electron chi connectivity index (χ2n) is 4.51. The lowest BCUT2D eigenvalue weighted by Crippen LogP contribution is -2.38. The average Bonchev–Trinajstić information content (AvgIpc) is 2.46. The summed E-state index contributed by atoms with van der Waals surface area (Å²) >= 11 is 1.84. The van der Waals surface area contributed by atoms with Gasteiger partial charge in [0.2, 0.25) is 0 Å². The van der Waals surface area contributed by atoms with Crippen LogP contribution in [0.25, 0.3) is 0 Å². The minimum absolute atomic E-state index is 0.244. The normalized spacial score (nSPS) is 12.3. The first-order valence-electron chi connectivity index (χ1n) is 6.33. The summed E-state index contributed by atoms with van der Waals surface area (Å²) in [7, 11) is 0. The minimum atomic E-state index is 0.244. The predicted molar refractivity (Wildman–Crippen MR) is 81.0 cm³/mol. The molecule has 1 aromatic carbocycles. The molecule has 0 aliphatic carbocycles. The lowest BCUT2D eigenvalue weighted by atomic mass is 10.1. The van der Waals surface area contributed by atoms with E-state index in [9.17, 15) is 0 Å². The maximum atomic E-state index is 5.64. The van der Waals surface area contributed by atoms with Crippen molar-refractivity contribution in [3.63, 3.8) is 0 Å². The number of hydrazine groups is 1. The van der Waals surface area contributed by atoms with Crippen LogP contribution in [0.3, 0.4) is 0 Å². The van der Waals surface area contributed by atoms with Crippen molar-refractivity contribution in [3.05, 3.63) is 59.9 Å². The van der Waals surface area contributed by atoms with E-state index in [4.69, 9.17) is 5.84 Å². The van der Waals surface area contributed by atoms with E-state index in [0.29, 0.717) is 0 Å². The number of pyridine rings is 1. The molecule has 0 amide bonds. The molecule has 3 N–H and O–H groups in total. The summed E-state index contributed by atoms with van der Waals surface area (Å²) in [5.74, 6) is 6.58. The molecule has 2 rings (SSSR count). The molecule has 0 aliphatic rings. The van der Waals surface area contributed by atoms with Crippen molar-refractivity contribution in [2.24, 2.45) is 5.84 Å². The first kappa shape index (κ1) is 14.1. The van der Waals surface area contributed by atoms with Crippen molar-refractivity contribution >= 4 is 11.8 Å². The summed E-state index contributed by atoms with van der Waals surface area (Å²) < 4.78 is 0. The van der Waals surface area contributed by atoms with Gasteiger partial charge in [-0.25, -0.2) is 0 Å². The molecule has 0 fully saturated rings. The van der Waals surface area contributed by atoms with E-state index in [2.05, 4.69) is 47.7 Å². The molecule has 100 valence electrons.